The fourth-order valence-corrected chi connectivity index (χ4v) is 6.88. The summed E-state index contributed by atoms with van der Waals surface area (Å²) >= 11 is 0. The zero-order chi connectivity index (χ0) is 34.3. The molecule has 1 heterocycles. The van der Waals surface area contributed by atoms with Gasteiger partial charge in [0.15, 0.2) is 0 Å². The molecule has 0 fully saturated rings. The van der Waals surface area contributed by atoms with Crippen LogP contribution >= 0.6 is 0 Å². The highest BCUT2D eigenvalue weighted by atomic mass is 15.1. The number of hydrogen-bond donors (Lipinski definition) is 0. The van der Waals surface area contributed by atoms with Gasteiger partial charge in [0.2, 0.25) is 0 Å². The zero-order valence-corrected chi connectivity index (χ0v) is 29.0. The molecule has 8 rings (SSSR count). The Balaban J connectivity index is 0.000000203. The van der Waals surface area contributed by atoms with E-state index < -0.39 is 0 Å². The Bertz CT molecular complexity index is 2180. The van der Waals surface area contributed by atoms with E-state index in [2.05, 4.69) is 194 Å². The van der Waals surface area contributed by atoms with Crippen LogP contribution in [0.2, 0.25) is 0 Å². The van der Waals surface area contributed by atoms with Gasteiger partial charge >= 0.3 is 0 Å². The SMILES string of the molecule is C(=C\c1ccc(N(c2ccccc2)c2ccc(-c3ccccc3)cc2)cc1)/Cc1cccnc1.Cc1ccc2c(c1)-c1ccccc1C2(C)C. The number of aryl methyl sites for hydroxylation is 1. The Kier molecular flexibility index (Phi) is 9.53. The average Bonchev–Trinajstić information content (AvgIpc) is 3.39. The summed E-state index contributed by atoms with van der Waals surface area (Å²) in [4.78, 5) is 6.47. The highest BCUT2D eigenvalue weighted by Gasteiger charge is 2.34. The molecule has 2 heteroatoms. The van der Waals surface area contributed by atoms with E-state index in [1.165, 1.54) is 50.1 Å². The quantitative estimate of drug-likeness (QED) is 0.171. The van der Waals surface area contributed by atoms with Gasteiger partial charge in [0.25, 0.3) is 0 Å². The van der Waals surface area contributed by atoms with E-state index in [4.69, 9.17) is 0 Å². The van der Waals surface area contributed by atoms with E-state index in [9.17, 15) is 0 Å². The van der Waals surface area contributed by atoms with Crippen molar-refractivity contribution in [1.29, 1.82) is 0 Å². The number of anilines is 3. The number of rotatable bonds is 7. The molecule has 0 N–H and O–H groups in total. The second kappa shape index (κ2) is 14.6. The third-order valence-corrected chi connectivity index (χ3v) is 9.52. The molecule has 2 nitrogen and oxygen atoms in total. The van der Waals surface area contributed by atoms with Crippen LogP contribution in [0.3, 0.4) is 0 Å². The van der Waals surface area contributed by atoms with Gasteiger partial charge in [-0.05, 0) is 100 Å². The topological polar surface area (TPSA) is 16.1 Å². The smallest absolute Gasteiger partial charge is 0.0462 e. The van der Waals surface area contributed by atoms with Crippen LogP contribution in [-0.2, 0) is 11.8 Å². The Morgan fingerprint density at radius 2 is 1.16 bits per heavy atom. The second-order valence-electron chi connectivity index (χ2n) is 13.4. The van der Waals surface area contributed by atoms with E-state index >= 15 is 0 Å². The van der Waals surface area contributed by atoms with Crippen LogP contribution in [0.5, 0.6) is 0 Å². The molecule has 0 radical (unpaired) electrons. The van der Waals surface area contributed by atoms with Crippen molar-refractivity contribution in [2.45, 2.75) is 32.6 Å². The van der Waals surface area contributed by atoms with Crippen molar-refractivity contribution >= 4 is 23.1 Å². The molecule has 1 aliphatic carbocycles. The van der Waals surface area contributed by atoms with Gasteiger partial charge in [0, 0.05) is 34.9 Å². The summed E-state index contributed by atoms with van der Waals surface area (Å²) in [5, 5.41) is 0. The highest BCUT2D eigenvalue weighted by molar-refractivity contribution is 5.81. The number of nitrogens with zero attached hydrogens (tertiary/aromatic N) is 2. The lowest BCUT2D eigenvalue weighted by molar-refractivity contribution is 0.660. The van der Waals surface area contributed by atoms with Crippen molar-refractivity contribution < 1.29 is 0 Å². The van der Waals surface area contributed by atoms with Crippen molar-refractivity contribution in [3.05, 3.63) is 210 Å². The zero-order valence-electron chi connectivity index (χ0n) is 29.0. The van der Waals surface area contributed by atoms with E-state index in [-0.39, 0.29) is 5.41 Å². The summed E-state index contributed by atoms with van der Waals surface area (Å²) in [6, 6.07) is 58.1. The standard InChI is InChI=1S/C32H26N2.C16H16/c1-3-12-28(13-4-1)29-18-22-32(23-19-29)34(30-14-5-2-6-15-30)31-20-16-26(17-21-31)9-7-10-27-11-8-24-33-25-27;1-11-8-9-15-13(10-11)12-6-4-5-7-14(12)16(15,2)3/h1-9,11-25H,10H2;4-10H,1-3H3/b9-7+;. The first-order chi connectivity index (χ1) is 24.5. The lowest BCUT2D eigenvalue weighted by Crippen LogP contribution is -2.14. The second-order valence-corrected chi connectivity index (χ2v) is 13.4. The minimum Gasteiger partial charge on any atom is -0.311 e. The number of hydrogen-bond acceptors (Lipinski definition) is 2. The van der Waals surface area contributed by atoms with Crippen molar-refractivity contribution in [3.63, 3.8) is 0 Å². The first kappa shape index (κ1) is 32.6. The lowest BCUT2D eigenvalue weighted by Gasteiger charge is -2.25. The number of aromatic nitrogens is 1. The third kappa shape index (κ3) is 7.06. The molecule has 0 amide bonds. The predicted molar refractivity (Wildman–Crippen MR) is 212 cm³/mol. The molecule has 0 unspecified atom stereocenters. The number of allylic oxidation sites excluding steroid dienone is 1. The molecule has 50 heavy (non-hydrogen) atoms. The molecule has 7 aromatic rings. The monoisotopic (exact) mass is 646 g/mol. The molecule has 0 saturated carbocycles. The number of benzene rings is 6. The molecule has 1 aromatic heterocycles. The molecule has 0 saturated heterocycles. The fraction of sp³-hybridized carbons (Fsp3) is 0.104. The van der Waals surface area contributed by atoms with Gasteiger partial charge in [-0.25, -0.2) is 0 Å². The summed E-state index contributed by atoms with van der Waals surface area (Å²) in [6.45, 7) is 6.79. The van der Waals surface area contributed by atoms with Gasteiger partial charge in [0.05, 0.1) is 0 Å². The number of pyridine rings is 1. The molecule has 1 aliphatic rings. The molecule has 0 bridgehead atoms. The van der Waals surface area contributed by atoms with Crippen LogP contribution < -0.4 is 4.90 Å². The van der Waals surface area contributed by atoms with Gasteiger partial charge in [-0.1, -0.05) is 153 Å². The maximum atomic E-state index is 4.18. The summed E-state index contributed by atoms with van der Waals surface area (Å²) < 4.78 is 0. The maximum Gasteiger partial charge on any atom is 0.0462 e. The predicted octanol–water partition coefficient (Wildman–Crippen LogP) is 12.8. The molecule has 0 atom stereocenters. The Morgan fingerprint density at radius 1 is 0.560 bits per heavy atom. The average molecular weight is 647 g/mol. The van der Waals surface area contributed by atoms with Gasteiger partial charge < -0.3 is 4.90 Å². The lowest BCUT2D eigenvalue weighted by atomic mass is 9.82. The first-order valence-electron chi connectivity index (χ1n) is 17.3. The highest BCUT2D eigenvalue weighted by Crippen LogP contribution is 2.48. The van der Waals surface area contributed by atoms with Crippen molar-refractivity contribution in [2.75, 3.05) is 4.90 Å². The van der Waals surface area contributed by atoms with Crippen LogP contribution in [0.15, 0.2) is 182 Å². The third-order valence-electron chi connectivity index (χ3n) is 9.52. The minimum absolute atomic E-state index is 0.152. The molecule has 0 aliphatic heterocycles. The Labute approximate surface area is 297 Å². The summed E-state index contributed by atoms with van der Waals surface area (Å²) in [5.74, 6) is 0. The van der Waals surface area contributed by atoms with Crippen LogP contribution in [0.25, 0.3) is 28.3 Å². The van der Waals surface area contributed by atoms with Gasteiger partial charge in [-0.2, -0.15) is 0 Å². The molecule has 0 spiro atoms. The van der Waals surface area contributed by atoms with Crippen LogP contribution in [0.1, 0.15) is 41.7 Å². The molecular formula is C48H42N2. The number of para-hydroxylation sites is 1. The van der Waals surface area contributed by atoms with E-state index in [1.807, 2.05) is 18.3 Å². The normalized spacial score (nSPS) is 12.5. The summed E-state index contributed by atoms with van der Waals surface area (Å²) in [7, 11) is 0. The van der Waals surface area contributed by atoms with Crippen molar-refractivity contribution in [3.8, 4) is 22.3 Å². The van der Waals surface area contributed by atoms with Crippen molar-refractivity contribution in [2.24, 2.45) is 0 Å². The molecular weight excluding hydrogens is 605 g/mol. The largest absolute Gasteiger partial charge is 0.311 e. The van der Waals surface area contributed by atoms with E-state index in [0.717, 1.165) is 23.5 Å². The Morgan fingerprint density at radius 3 is 1.86 bits per heavy atom. The Hall–Kier alpha value is -5.99. The van der Waals surface area contributed by atoms with Crippen molar-refractivity contribution in [1.82, 2.24) is 4.98 Å². The van der Waals surface area contributed by atoms with Crippen LogP contribution in [0.4, 0.5) is 17.1 Å². The van der Waals surface area contributed by atoms with E-state index in [1.54, 1.807) is 6.20 Å². The molecule has 6 aromatic carbocycles. The van der Waals surface area contributed by atoms with Gasteiger partial charge in [0.1, 0.15) is 0 Å². The van der Waals surface area contributed by atoms with Gasteiger partial charge in [-0.15, -0.1) is 0 Å². The van der Waals surface area contributed by atoms with E-state index in [0.29, 0.717) is 0 Å². The first-order valence-corrected chi connectivity index (χ1v) is 17.3. The van der Waals surface area contributed by atoms with Crippen LogP contribution in [0, 0.1) is 6.92 Å². The fourth-order valence-electron chi connectivity index (χ4n) is 6.88. The van der Waals surface area contributed by atoms with Crippen LogP contribution in [-0.4, -0.2) is 4.98 Å². The summed E-state index contributed by atoms with van der Waals surface area (Å²) in [5.41, 5.74) is 15.5. The molecule has 244 valence electrons. The van der Waals surface area contributed by atoms with Gasteiger partial charge in [-0.3, -0.25) is 4.98 Å². The maximum absolute atomic E-state index is 4.18. The summed E-state index contributed by atoms with van der Waals surface area (Å²) in [6.07, 6.45) is 8.94. The number of fused-ring (bicyclic) bond motifs is 3. The minimum atomic E-state index is 0.152.